The van der Waals surface area contributed by atoms with E-state index in [1.807, 2.05) is 12.1 Å². The number of hydrogen-bond acceptors (Lipinski definition) is 0. The summed E-state index contributed by atoms with van der Waals surface area (Å²) in [5, 5.41) is 1.35. The molecule has 2 heteroatoms. The Morgan fingerprint density at radius 1 is 0.875 bits per heavy atom. The van der Waals surface area contributed by atoms with Crippen molar-refractivity contribution in [3.8, 4) is 0 Å². The third kappa shape index (κ3) is 4.79. The van der Waals surface area contributed by atoms with Crippen molar-refractivity contribution in [1.29, 1.82) is 0 Å². The number of allylic oxidation sites excluding steroid dienone is 1. The predicted octanol–water partition coefficient (Wildman–Crippen LogP) is 7.72. The van der Waals surface area contributed by atoms with Crippen molar-refractivity contribution in [3.63, 3.8) is 0 Å². The van der Waals surface area contributed by atoms with E-state index in [-0.39, 0.29) is 0 Å². The molecule has 0 unspecified atom stereocenters. The van der Waals surface area contributed by atoms with Crippen LogP contribution >= 0.6 is 23.2 Å². The molecule has 0 nitrogen and oxygen atoms in total. The van der Waals surface area contributed by atoms with Crippen LogP contribution in [-0.2, 0) is 6.42 Å². The quantitative estimate of drug-likeness (QED) is 0.468. The van der Waals surface area contributed by atoms with Gasteiger partial charge in [0.2, 0.25) is 0 Å². The van der Waals surface area contributed by atoms with Crippen molar-refractivity contribution >= 4 is 23.2 Å². The molecule has 0 spiro atoms. The van der Waals surface area contributed by atoms with E-state index >= 15 is 0 Å². The Hall–Kier alpha value is -0.460. The second kappa shape index (κ2) is 8.77. The largest absolute Gasteiger partial charge is 0.103 e. The molecule has 2 aliphatic rings. The van der Waals surface area contributed by atoms with Gasteiger partial charge in [-0.1, -0.05) is 48.2 Å². The highest BCUT2D eigenvalue weighted by Crippen LogP contribution is 2.42. The molecule has 0 aliphatic heterocycles. The summed E-state index contributed by atoms with van der Waals surface area (Å²) < 4.78 is 0. The Bertz CT molecular complexity index is 535. The molecule has 0 heterocycles. The summed E-state index contributed by atoms with van der Waals surface area (Å²) in [5.74, 6) is 3.69. The van der Waals surface area contributed by atoms with E-state index in [1.165, 1.54) is 63.4 Å². The highest BCUT2D eigenvalue weighted by atomic mass is 35.5. The lowest BCUT2D eigenvalue weighted by Crippen LogP contribution is -2.25. The van der Waals surface area contributed by atoms with E-state index in [2.05, 4.69) is 18.7 Å². The van der Waals surface area contributed by atoms with E-state index in [9.17, 15) is 0 Å². The molecule has 1 aromatic carbocycles. The average Bonchev–Trinajstić information content (AvgIpc) is 2.63. The number of rotatable bonds is 5. The van der Waals surface area contributed by atoms with Gasteiger partial charge >= 0.3 is 0 Å². The van der Waals surface area contributed by atoms with Gasteiger partial charge in [0.15, 0.2) is 0 Å². The van der Waals surface area contributed by atoms with Crippen LogP contribution in [0.4, 0.5) is 0 Å². The van der Waals surface area contributed by atoms with Crippen molar-refractivity contribution in [2.45, 2.75) is 64.2 Å². The van der Waals surface area contributed by atoms with Crippen molar-refractivity contribution in [3.05, 3.63) is 46.5 Å². The van der Waals surface area contributed by atoms with Crippen LogP contribution in [0.1, 0.15) is 63.4 Å². The Kier molecular flexibility index (Phi) is 6.70. The Morgan fingerprint density at radius 2 is 1.50 bits per heavy atom. The second-order valence-corrected chi connectivity index (χ2v) is 8.79. The maximum atomic E-state index is 6.12. The van der Waals surface area contributed by atoms with Gasteiger partial charge in [-0.3, -0.25) is 0 Å². The zero-order chi connectivity index (χ0) is 16.9. The van der Waals surface area contributed by atoms with Gasteiger partial charge in [0.05, 0.1) is 10.0 Å². The molecule has 3 rings (SSSR count). The predicted molar refractivity (Wildman–Crippen MR) is 106 cm³/mol. The Balaban J connectivity index is 1.40. The monoisotopic (exact) mass is 364 g/mol. The van der Waals surface area contributed by atoms with E-state index in [4.69, 9.17) is 23.2 Å². The fourth-order valence-corrected chi connectivity index (χ4v) is 5.19. The standard InChI is InChI=1S/C22H30Cl2/c1-2-16-5-10-19(11-6-16)20-12-7-17(8-13-20)3-4-18-9-14-21(23)22(24)15-18/h2,9,14-17,19-20H,1,3-8,10-13H2. The van der Waals surface area contributed by atoms with Gasteiger partial charge in [-0.2, -0.15) is 0 Å². The lowest BCUT2D eigenvalue weighted by molar-refractivity contribution is 0.153. The van der Waals surface area contributed by atoms with Crippen LogP contribution in [0.3, 0.4) is 0 Å². The van der Waals surface area contributed by atoms with Crippen LogP contribution in [0.2, 0.25) is 10.0 Å². The summed E-state index contributed by atoms with van der Waals surface area (Å²) in [4.78, 5) is 0. The van der Waals surface area contributed by atoms with E-state index in [0.717, 1.165) is 30.1 Å². The third-order valence-corrected chi connectivity index (χ3v) is 7.27. The minimum atomic E-state index is 0.659. The molecule has 2 fully saturated rings. The number of benzene rings is 1. The molecule has 1 aromatic rings. The third-order valence-electron chi connectivity index (χ3n) is 6.53. The summed E-state index contributed by atoms with van der Waals surface area (Å²) in [6.07, 6.45) is 16.0. The van der Waals surface area contributed by atoms with Crippen LogP contribution in [0, 0.1) is 23.7 Å². The van der Waals surface area contributed by atoms with Gasteiger partial charge < -0.3 is 0 Å². The van der Waals surface area contributed by atoms with Crippen LogP contribution in [0.15, 0.2) is 30.9 Å². The minimum Gasteiger partial charge on any atom is -0.103 e. The van der Waals surface area contributed by atoms with Gasteiger partial charge in [0.25, 0.3) is 0 Å². The van der Waals surface area contributed by atoms with Crippen molar-refractivity contribution in [2.24, 2.45) is 23.7 Å². The lowest BCUT2D eigenvalue weighted by Gasteiger charge is -2.37. The summed E-state index contributed by atoms with van der Waals surface area (Å²) >= 11 is 12.1. The summed E-state index contributed by atoms with van der Waals surface area (Å²) in [7, 11) is 0. The number of aryl methyl sites for hydroxylation is 1. The molecule has 0 saturated heterocycles. The van der Waals surface area contributed by atoms with Gasteiger partial charge in [-0.25, -0.2) is 0 Å². The highest BCUT2D eigenvalue weighted by molar-refractivity contribution is 6.42. The van der Waals surface area contributed by atoms with E-state index in [1.54, 1.807) is 0 Å². The van der Waals surface area contributed by atoms with E-state index < -0.39 is 0 Å². The molecule has 0 atom stereocenters. The molecule has 24 heavy (non-hydrogen) atoms. The normalized spacial score (nSPS) is 30.9. The average molecular weight is 365 g/mol. The fourth-order valence-electron chi connectivity index (χ4n) is 4.87. The first-order chi connectivity index (χ1) is 11.7. The maximum Gasteiger partial charge on any atom is 0.0595 e. The molecule has 132 valence electrons. The number of hydrogen-bond donors (Lipinski definition) is 0. The molecule has 0 bridgehead atoms. The second-order valence-electron chi connectivity index (χ2n) is 7.98. The molecule has 2 saturated carbocycles. The van der Waals surface area contributed by atoms with Crippen molar-refractivity contribution in [1.82, 2.24) is 0 Å². The van der Waals surface area contributed by atoms with E-state index in [0.29, 0.717) is 10.0 Å². The molecule has 0 aromatic heterocycles. The van der Waals surface area contributed by atoms with Crippen molar-refractivity contribution < 1.29 is 0 Å². The maximum absolute atomic E-state index is 6.12. The summed E-state index contributed by atoms with van der Waals surface area (Å²) in [5.41, 5.74) is 1.33. The summed E-state index contributed by atoms with van der Waals surface area (Å²) in [6, 6.07) is 6.08. The van der Waals surface area contributed by atoms with Gasteiger partial charge in [-0.15, -0.1) is 6.58 Å². The fraction of sp³-hybridized carbons (Fsp3) is 0.636. The topological polar surface area (TPSA) is 0 Å². The van der Waals surface area contributed by atoms with Gasteiger partial charge in [0.1, 0.15) is 0 Å². The minimum absolute atomic E-state index is 0.659. The van der Waals surface area contributed by atoms with Crippen LogP contribution in [0.5, 0.6) is 0 Å². The molecular formula is C22H30Cl2. The summed E-state index contributed by atoms with van der Waals surface area (Å²) in [6.45, 7) is 3.97. The smallest absolute Gasteiger partial charge is 0.0595 e. The highest BCUT2D eigenvalue weighted by Gasteiger charge is 2.30. The zero-order valence-electron chi connectivity index (χ0n) is 14.7. The van der Waals surface area contributed by atoms with Gasteiger partial charge in [0, 0.05) is 0 Å². The number of halogens is 2. The first-order valence-electron chi connectivity index (χ1n) is 9.72. The lowest BCUT2D eigenvalue weighted by atomic mass is 9.68. The van der Waals surface area contributed by atoms with Crippen LogP contribution in [-0.4, -0.2) is 0 Å². The van der Waals surface area contributed by atoms with Crippen LogP contribution in [0.25, 0.3) is 0 Å². The van der Waals surface area contributed by atoms with Crippen molar-refractivity contribution in [2.75, 3.05) is 0 Å². The first kappa shape index (κ1) is 18.3. The molecule has 2 aliphatic carbocycles. The van der Waals surface area contributed by atoms with Crippen LogP contribution < -0.4 is 0 Å². The molecule has 0 radical (unpaired) electrons. The SMILES string of the molecule is C=CC1CCC(C2CCC(CCc3ccc(Cl)c(Cl)c3)CC2)CC1. The van der Waals surface area contributed by atoms with Gasteiger partial charge in [-0.05, 0) is 92.7 Å². The first-order valence-corrected chi connectivity index (χ1v) is 10.5. The molecule has 0 N–H and O–H groups in total. The zero-order valence-corrected chi connectivity index (χ0v) is 16.2. The molecule has 0 amide bonds. The Labute approximate surface area is 157 Å². The Morgan fingerprint density at radius 3 is 2.08 bits per heavy atom. The molecular weight excluding hydrogens is 335 g/mol.